The molecule has 1 aromatic carbocycles. The molecule has 0 radical (unpaired) electrons. The maximum Gasteiger partial charge on any atom is 0.136 e. The van der Waals surface area contributed by atoms with E-state index < -0.39 is 0 Å². The van der Waals surface area contributed by atoms with Gasteiger partial charge in [-0.05, 0) is 30.5 Å². The highest BCUT2D eigenvalue weighted by Gasteiger charge is 2.11. The topological polar surface area (TPSA) is 44.0 Å². The summed E-state index contributed by atoms with van der Waals surface area (Å²) in [5, 5.41) is 18.9. The Morgan fingerprint density at radius 1 is 1.62 bits per heavy atom. The van der Waals surface area contributed by atoms with Crippen LogP contribution in [0.2, 0.25) is 5.02 Å². The van der Waals surface area contributed by atoms with Gasteiger partial charge in [0.2, 0.25) is 0 Å². The highest BCUT2D eigenvalue weighted by Crippen LogP contribution is 2.31. The molecule has 0 aromatic heterocycles. The number of rotatable bonds is 1. The molecule has 1 N–H and O–H groups in total. The van der Waals surface area contributed by atoms with E-state index in [1.807, 2.05) is 13.0 Å². The summed E-state index contributed by atoms with van der Waals surface area (Å²) in [6, 6.07) is 3.65. The van der Waals surface area contributed by atoms with Crippen molar-refractivity contribution in [3.05, 3.63) is 27.8 Å². The number of halogens is 1. The number of benzene rings is 1. The molecule has 1 aromatic rings. The van der Waals surface area contributed by atoms with Crippen molar-refractivity contribution >= 4 is 11.6 Å². The van der Waals surface area contributed by atoms with E-state index >= 15 is 0 Å². The lowest BCUT2D eigenvalue weighted by Gasteiger charge is -2.07. The van der Waals surface area contributed by atoms with Crippen molar-refractivity contribution in [1.82, 2.24) is 0 Å². The zero-order valence-electron chi connectivity index (χ0n) is 7.56. The van der Waals surface area contributed by atoms with Gasteiger partial charge in [0, 0.05) is 5.02 Å². The van der Waals surface area contributed by atoms with Crippen LogP contribution in [0.1, 0.15) is 23.6 Å². The molecule has 68 valence electrons. The molecule has 0 aliphatic rings. The standard InChI is InChI=1S/C10H10ClNO/c1-3-7-4-9(11)6(2)8(5-12)10(7)13/h4,13H,3H2,1-2H3. The van der Waals surface area contributed by atoms with Gasteiger partial charge < -0.3 is 5.11 Å². The molecule has 0 unspecified atom stereocenters. The quantitative estimate of drug-likeness (QED) is 0.749. The minimum absolute atomic E-state index is 0.0619. The summed E-state index contributed by atoms with van der Waals surface area (Å²) in [6.07, 6.45) is 0.667. The van der Waals surface area contributed by atoms with Gasteiger partial charge in [0.1, 0.15) is 11.8 Å². The average molecular weight is 196 g/mol. The first kappa shape index (κ1) is 9.88. The molecule has 0 heterocycles. The van der Waals surface area contributed by atoms with Gasteiger partial charge in [-0.2, -0.15) is 5.26 Å². The van der Waals surface area contributed by atoms with Crippen molar-refractivity contribution in [2.75, 3.05) is 0 Å². The predicted octanol–water partition coefficient (Wildman–Crippen LogP) is 2.79. The molecule has 0 saturated heterocycles. The van der Waals surface area contributed by atoms with Crippen LogP contribution in [0.25, 0.3) is 0 Å². The molecule has 1 rings (SSSR count). The summed E-state index contributed by atoms with van der Waals surface area (Å²) < 4.78 is 0. The minimum Gasteiger partial charge on any atom is -0.506 e. The van der Waals surface area contributed by atoms with Crippen LogP contribution in [0.5, 0.6) is 5.75 Å². The van der Waals surface area contributed by atoms with Gasteiger partial charge in [-0.1, -0.05) is 18.5 Å². The summed E-state index contributed by atoms with van der Waals surface area (Å²) in [5.41, 5.74) is 1.63. The third-order valence-electron chi connectivity index (χ3n) is 2.07. The van der Waals surface area contributed by atoms with Crippen LogP contribution in [0, 0.1) is 18.3 Å². The van der Waals surface area contributed by atoms with E-state index in [0.717, 1.165) is 0 Å². The van der Waals surface area contributed by atoms with Gasteiger partial charge in [0.25, 0.3) is 0 Å². The molecule has 0 fully saturated rings. The number of hydrogen-bond donors (Lipinski definition) is 1. The van der Waals surface area contributed by atoms with Gasteiger partial charge >= 0.3 is 0 Å². The maximum atomic E-state index is 9.61. The van der Waals surface area contributed by atoms with Crippen molar-refractivity contribution in [1.29, 1.82) is 5.26 Å². The Balaban J connectivity index is 3.50. The van der Waals surface area contributed by atoms with E-state index in [1.54, 1.807) is 13.0 Å². The van der Waals surface area contributed by atoms with Crippen LogP contribution < -0.4 is 0 Å². The Morgan fingerprint density at radius 3 is 2.69 bits per heavy atom. The predicted molar refractivity (Wildman–Crippen MR) is 51.9 cm³/mol. The van der Waals surface area contributed by atoms with E-state index in [2.05, 4.69) is 0 Å². The number of aromatic hydroxyl groups is 1. The van der Waals surface area contributed by atoms with E-state index in [9.17, 15) is 5.11 Å². The number of phenols is 1. The molecular formula is C10H10ClNO. The fourth-order valence-corrected chi connectivity index (χ4v) is 1.42. The number of phenolic OH excluding ortho intramolecular Hbond substituents is 1. The molecule has 3 heteroatoms. The molecule has 13 heavy (non-hydrogen) atoms. The normalized spacial score (nSPS) is 9.69. The zero-order chi connectivity index (χ0) is 10.0. The van der Waals surface area contributed by atoms with E-state index in [-0.39, 0.29) is 11.3 Å². The molecule has 0 aliphatic carbocycles. The second-order valence-electron chi connectivity index (χ2n) is 2.83. The van der Waals surface area contributed by atoms with Gasteiger partial charge in [-0.15, -0.1) is 0 Å². The highest BCUT2D eigenvalue weighted by molar-refractivity contribution is 6.31. The molecule has 0 amide bonds. The smallest absolute Gasteiger partial charge is 0.136 e. The third-order valence-corrected chi connectivity index (χ3v) is 2.46. The van der Waals surface area contributed by atoms with Crippen molar-refractivity contribution < 1.29 is 5.11 Å². The maximum absolute atomic E-state index is 9.61. The molecule has 2 nitrogen and oxygen atoms in total. The lowest BCUT2D eigenvalue weighted by atomic mass is 10.0. The Bertz CT molecular complexity index is 379. The monoisotopic (exact) mass is 195 g/mol. The van der Waals surface area contributed by atoms with Gasteiger partial charge in [-0.3, -0.25) is 0 Å². The Hall–Kier alpha value is -1.20. The lowest BCUT2D eigenvalue weighted by molar-refractivity contribution is 0.466. The van der Waals surface area contributed by atoms with Crippen LogP contribution in [-0.2, 0) is 6.42 Å². The van der Waals surface area contributed by atoms with Gasteiger partial charge in [-0.25, -0.2) is 0 Å². The Labute approximate surface area is 82.4 Å². The van der Waals surface area contributed by atoms with Crippen molar-refractivity contribution in [2.24, 2.45) is 0 Å². The second kappa shape index (κ2) is 3.68. The van der Waals surface area contributed by atoms with Crippen molar-refractivity contribution in [3.8, 4) is 11.8 Å². The highest BCUT2D eigenvalue weighted by atomic mass is 35.5. The molecule has 0 spiro atoms. The van der Waals surface area contributed by atoms with Gasteiger partial charge in [0.15, 0.2) is 0 Å². The summed E-state index contributed by atoms with van der Waals surface area (Å²) in [5.74, 6) is 0.0619. The second-order valence-corrected chi connectivity index (χ2v) is 3.24. The summed E-state index contributed by atoms with van der Waals surface area (Å²) in [7, 11) is 0. The zero-order valence-corrected chi connectivity index (χ0v) is 8.31. The third kappa shape index (κ3) is 1.61. The first-order valence-electron chi connectivity index (χ1n) is 4.02. The van der Waals surface area contributed by atoms with Crippen LogP contribution in [0.15, 0.2) is 6.07 Å². The molecule has 0 atom stereocenters. The largest absolute Gasteiger partial charge is 0.506 e. The van der Waals surface area contributed by atoms with Crippen molar-refractivity contribution in [3.63, 3.8) is 0 Å². The summed E-state index contributed by atoms with van der Waals surface area (Å²) >= 11 is 5.89. The molecular weight excluding hydrogens is 186 g/mol. The number of nitriles is 1. The van der Waals surface area contributed by atoms with Crippen LogP contribution >= 0.6 is 11.6 Å². The minimum atomic E-state index is 0.0619. The Kier molecular flexibility index (Phi) is 2.79. The van der Waals surface area contributed by atoms with Crippen LogP contribution in [0.4, 0.5) is 0 Å². The molecule has 0 bridgehead atoms. The summed E-state index contributed by atoms with van der Waals surface area (Å²) in [6.45, 7) is 3.63. The van der Waals surface area contributed by atoms with E-state index in [4.69, 9.17) is 16.9 Å². The van der Waals surface area contributed by atoms with Crippen LogP contribution in [0.3, 0.4) is 0 Å². The fraction of sp³-hybridized carbons (Fsp3) is 0.300. The number of nitrogens with zero attached hydrogens (tertiary/aromatic N) is 1. The first-order chi connectivity index (χ1) is 6.11. The fourth-order valence-electron chi connectivity index (χ4n) is 1.19. The number of aryl methyl sites for hydroxylation is 1. The molecule has 0 aliphatic heterocycles. The first-order valence-corrected chi connectivity index (χ1v) is 4.40. The average Bonchev–Trinajstić information content (AvgIpc) is 2.12. The molecule has 0 saturated carbocycles. The van der Waals surface area contributed by atoms with Gasteiger partial charge in [0.05, 0.1) is 5.56 Å². The summed E-state index contributed by atoms with van der Waals surface area (Å²) in [4.78, 5) is 0. The van der Waals surface area contributed by atoms with Crippen molar-refractivity contribution in [2.45, 2.75) is 20.3 Å². The van der Waals surface area contributed by atoms with E-state index in [1.165, 1.54) is 0 Å². The Morgan fingerprint density at radius 2 is 2.23 bits per heavy atom. The lowest BCUT2D eigenvalue weighted by Crippen LogP contribution is -1.91. The van der Waals surface area contributed by atoms with E-state index in [0.29, 0.717) is 22.6 Å². The number of hydrogen-bond acceptors (Lipinski definition) is 2. The SMILES string of the molecule is CCc1cc(Cl)c(C)c(C#N)c1O. The van der Waals surface area contributed by atoms with Crippen LogP contribution in [-0.4, -0.2) is 5.11 Å².